The second-order valence-electron chi connectivity index (χ2n) is 3.04. The van der Waals surface area contributed by atoms with E-state index >= 15 is 0 Å². The highest BCUT2D eigenvalue weighted by Crippen LogP contribution is 2.29. The van der Waals surface area contributed by atoms with Gasteiger partial charge in [-0.2, -0.15) is 0 Å². The van der Waals surface area contributed by atoms with Gasteiger partial charge in [0.15, 0.2) is 18.9 Å². The zero-order valence-corrected chi connectivity index (χ0v) is 6.99. The Morgan fingerprint density at radius 1 is 1.50 bits per heavy atom. The number of ketones is 1. The van der Waals surface area contributed by atoms with Gasteiger partial charge in [0.25, 0.3) is 0 Å². The van der Waals surface area contributed by atoms with Gasteiger partial charge in [0.05, 0.1) is 0 Å². The highest BCUT2D eigenvalue weighted by atomic mass is 16.8. The summed E-state index contributed by atoms with van der Waals surface area (Å²) in [5.74, 6) is 0.136. The van der Waals surface area contributed by atoms with E-state index in [4.69, 9.17) is 14.2 Å². The van der Waals surface area contributed by atoms with Gasteiger partial charge in [-0.15, -0.1) is 0 Å². The van der Waals surface area contributed by atoms with Crippen molar-refractivity contribution >= 4 is 5.78 Å². The van der Waals surface area contributed by atoms with Crippen molar-refractivity contribution in [3.8, 4) is 0 Å². The first-order valence-corrected chi connectivity index (χ1v) is 4.22. The minimum Gasteiger partial charge on any atom is -0.347 e. The Labute approximate surface area is 70.8 Å². The quantitative estimate of drug-likeness (QED) is 0.606. The van der Waals surface area contributed by atoms with Crippen molar-refractivity contribution in [3.63, 3.8) is 0 Å². The van der Waals surface area contributed by atoms with Crippen LogP contribution in [0.25, 0.3) is 0 Å². The summed E-state index contributed by atoms with van der Waals surface area (Å²) in [6.07, 6.45) is 0.544. The standard InChI is InChI=1S/C8H12O4/c1-2-5(9)6-3-7-8(12-6)11-4-10-7/h6-8H,2-4H2,1H3/t6-,7+,8-/m0/s1. The smallest absolute Gasteiger partial charge is 0.187 e. The maximum absolute atomic E-state index is 11.2. The monoisotopic (exact) mass is 172 g/mol. The van der Waals surface area contributed by atoms with E-state index in [-0.39, 0.29) is 24.3 Å². The molecule has 0 aromatic carbocycles. The lowest BCUT2D eigenvalue weighted by molar-refractivity contribution is -0.147. The van der Waals surface area contributed by atoms with Gasteiger partial charge in [0, 0.05) is 12.8 Å². The summed E-state index contributed by atoms with van der Waals surface area (Å²) in [6.45, 7) is 2.13. The second-order valence-corrected chi connectivity index (χ2v) is 3.04. The first kappa shape index (κ1) is 8.16. The van der Waals surface area contributed by atoms with Crippen molar-refractivity contribution in [1.82, 2.24) is 0 Å². The van der Waals surface area contributed by atoms with Gasteiger partial charge in [0.1, 0.15) is 12.2 Å². The molecule has 2 saturated heterocycles. The Hall–Kier alpha value is -0.450. The van der Waals surface area contributed by atoms with Gasteiger partial charge in [-0.25, -0.2) is 0 Å². The summed E-state index contributed by atoms with van der Waals surface area (Å²) in [5.41, 5.74) is 0. The fourth-order valence-electron chi connectivity index (χ4n) is 1.55. The van der Waals surface area contributed by atoms with Gasteiger partial charge >= 0.3 is 0 Å². The molecule has 4 nitrogen and oxygen atoms in total. The van der Waals surface area contributed by atoms with Crippen LogP contribution in [0, 0.1) is 0 Å². The van der Waals surface area contributed by atoms with E-state index in [0.29, 0.717) is 19.6 Å². The predicted molar refractivity (Wildman–Crippen MR) is 39.4 cm³/mol. The van der Waals surface area contributed by atoms with E-state index < -0.39 is 0 Å². The number of hydrogen-bond donors (Lipinski definition) is 0. The molecule has 2 fully saturated rings. The van der Waals surface area contributed by atoms with Crippen molar-refractivity contribution in [1.29, 1.82) is 0 Å². The largest absolute Gasteiger partial charge is 0.347 e. The van der Waals surface area contributed by atoms with Crippen molar-refractivity contribution in [2.45, 2.75) is 38.3 Å². The summed E-state index contributed by atoms with van der Waals surface area (Å²) in [7, 11) is 0. The minimum atomic E-state index is -0.301. The molecule has 3 atom stereocenters. The Morgan fingerprint density at radius 3 is 3.00 bits per heavy atom. The molecule has 0 N–H and O–H groups in total. The molecular formula is C8H12O4. The molecule has 0 spiro atoms. The van der Waals surface area contributed by atoms with Crippen molar-refractivity contribution < 1.29 is 19.0 Å². The van der Waals surface area contributed by atoms with Crippen molar-refractivity contribution in [3.05, 3.63) is 0 Å². The van der Waals surface area contributed by atoms with Crippen molar-refractivity contribution in [2.75, 3.05) is 6.79 Å². The first-order valence-electron chi connectivity index (χ1n) is 4.22. The van der Waals surface area contributed by atoms with Crippen LogP contribution in [0.1, 0.15) is 19.8 Å². The van der Waals surface area contributed by atoms with Gasteiger partial charge in [-0.1, -0.05) is 6.92 Å². The normalized spacial score (nSPS) is 39.9. The molecule has 68 valence electrons. The zero-order chi connectivity index (χ0) is 8.55. The number of hydrogen-bond acceptors (Lipinski definition) is 4. The molecule has 0 radical (unpaired) electrons. The van der Waals surface area contributed by atoms with Crippen LogP contribution in [-0.4, -0.2) is 31.1 Å². The highest BCUT2D eigenvalue weighted by Gasteiger charge is 2.42. The fourth-order valence-corrected chi connectivity index (χ4v) is 1.55. The lowest BCUT2D eigenvalue weighted by atomic mass is 10.1. The fraction of sp³-hybridized carbons (Fsp3) is 0.875. The number of fused-ring (bicyclic) bond motifs is 1. The van der Waals surface area contributed by atoms with Gasteiger partial charge in [-0.05, 0) is 0 Å². The van der Waals surface area contributed by atoms with Gasteiger partial charge in [0.2, 0.25) is 0 Å². The average molecular weight is 172 g/mol. The van der Waals surface area contributed by atoms with Crippen LogP contribution in [0.4, 0.5) is 0 Å². The van der Waals surface area contributed by atoms with Crippen LogP contribution in [0.15, 0.2) is 0 Å². The number of carbonyl (C=O) groups is 1. The predicted octanol–water partition coefficient (Wildman–Crippen LogP) is 0.453. The Morgan fingerprint density at radius 2 is 2.33 bits per heavy atom. The number of ether oxygens (including phenoxy) is 3. The SMILES string of the molecule is CCC(=O)[C@@H]1C[C@H]2OCO[C@H]2O1. The number of Topliss-reactive ketones (excluding diaryl/α,β-unsaturated/α-hetero) is 1. The van der Waals surface area contributed by atoms with Gasteiger partial charge in [-0.3, -0.25) is 4.79 Å². The van der Waals surface area contributed by atoms with E-state index in [1.54, 1.807) is 0 Å². The number of rotatable bonds is 2. The van der Waals surface area contributed by atoms with Gasteiger partial charge < -0.3 is 14.2 Å². The van der Waals surface area contributed by atoms with Crippen LogP contribution in [0.5, 0.6) is 0 Å². The van der Waals surface area contributed by atoms with Crippen LogP contribution < -0.4 is 0 Å². The Kier molecular flexibility index (Phi) is 2.12. The highest BCUT2D eigenvalue weighted by molar-refractivity contribution is 5.83. The molecule has 12 heavy (non-hydrogen) atoms. The van der Waals surface area contributed by atoms with Crippen LogP contribution in [0.3, 0.4) is 0 Å². The molecular weight excluding hydrogens is 160 g/mol. The molecule has 2 rings (SSSR count). The van der Waals surface area contributed by atoms with Crippen molar-refractivity contribution in [2.24, 2.45) is 0 Å². The Balaban J connectivity index is 1.94. The molecule has 0 saturated carbocycles. The summed E-state index contributed by atoms with van der Waals surface area (Å²) in [4.78, 5) is 11.2. The van der Waals surface area contributed by atoms with Crippen LogP contribution in [0.2, 0.25) is 0 Å². The third-order valence-electron chi connectivity index (χ3n) is 2.27. The summed E-state index contributed by atoms with van der Waals surface area (Å²) < 4.78 is 15.6. The number of carbonyl (C=O) groups excluding carboxylic acids is 1. The van der Waals surface area contributed by atoms with E-state index in [2.05, 4.69) is 0 Å². The molecule has 0 unspecified atom stereocenters. The third kappa shape index (κ3) is 1.26. The van der Waals surface area contributed by atoms with Crippen LogP contribution >= 0.6 is 0 Å². The molecule has 4 heteroatoms. The van der Waals surface area contributed by atoms with Crippen LogP contribution in [-0.2, 0) is 19.0 Å². The van der Waals surface area contributed by atoms with E-state index in [9.17, 15) is 4.79 Å². The van der Waals surface area contributed by atoms with E-state index in [1.165, 1.54) is 0 Å². The summed E-state index contributed by atoms with van der Waals surface area (Å²) in [5, 5.41) is 0. The minimum absolute atomic E-state index is 0.0227. The molecule has 2 aliphatic rings. The first-order chi connectivity index (χ1) is 5.81. The summed E-state index contributed by atoms with van der Waals surface area (Å²) >= 11 is 0. The molecule has 0 aromatic rings. The lowest BCUT2D eigenvalue weighted by Gasteiger charge is -2.08. The topological polar surface area (TPSA) is 44.8 Å². The maximum atomic E-state index is 11.2. The molecule has 2 aliphatic heterocycles. The maximum Gasteiger partial charge on any atom is 0.187 e. The molecule has 0 amide bonds. The molecule has 0 aromatic heterocycles. The summed E-state index contributed by atoms with van der Waals surface area (Å²) in [6, 6.07) is 0. The third-order valence-corrected chi connectivity index (χ3v) is 2.27. The molecule has 2 heterocycles. The molecule has 0 bridgehead atoms. The van der Waals surface area contributed by atoms with E-state index in [1.807, 2.05) is 6.92 Å². The zero-order valence-electron chi connectivity index (χ0n) is 6.99. The average Bonchev–Trinajstić information content (AvgIpc) is 2.60. The molecule has 0 aliphatic carbocycles. The van der Waals surface area contributed by atoms with E-state index in [0.717, 1.165) is 0 Å². The second kappa shape index (κ2) is 3.12. The lowest BCUT2D eigenvalue weighted by Crippen LogP contribution is -2.21. The Bertz CT molecular complexity index is 179.